The van der Waals surface area contributed by atoms with Gasteiger partial charge in [0, 0.05) is 37.0 Å². The van der Waals surface area contributed by atoms with Crippen molar-refractivity contribution in [3.8, 4) is 11.5 Å². The number of ether oxygens (including phenoxy) is 2. The van der Waals surface area contributed by atoms with E-state index in [0.717, 1.165) is 49.4 Å². The molecule has 18 heavy (non-hydrogen) atoms. The largest absolute Gasteiger partial charge is 0.497 e. The van der Waals surface area contributed by atoms with E-state index in [1.807, 2.05) is 18.2 Å². The first-order chi connectivity index (χ1) is 8.80. The van der Waals surface area contributed by atoms with Crippen molar-refractivity contribution < 1.29 is 14.6 Å². The monoisotopic (exact) mass is 253 g/mol. The van der Waals surface area contributed by atoms with Crippen LogP contribution in [0.3, 0.4) is 0 Å². The average Bonchev–Trinajstić information content (AvgIpc) is 2.42. The molecule has 0 spiro atoms. The highest BCUT2D eigenvalue weighted by molar-refractivity contribution is 5.53. The Labute approximate surface area is 109 Å². The molecule has 0 aliphatic carbocycles. The molecule has 102 valence electrons. The van der Waals surface area contributed by atoms with E-state index in [9.17, 15) is 0 Å². The molecule has 4 nitrogen and oxygen atoms in total. The van der Waals surface area contributed by atoms with Gasteiger partial charge >= 0.3 is 0 Å². The predicted octanol–water partition coefficient (Wildman–Crippen LogP) is 2.67. The molecule has 0 saturated heterocycles. The van der Waals surface area contributed by atoms with Gasteiger partial charge in [-0.2, -0.15) is 0 Å². The van der Waals surface area contributed by atoms with E-state index in [1.54, 1.807) is 14.2 Å². The van der Waals surface area contributed by atoms with Gasteiger partial charge in [-0.3, -0.25) is 0 Å². The minimum atomic E-state index is 0.292. The molecule has 0 fully saturated rings. The molecule has 0 aliphatic heterocycles. The lowest BCUT2D eigenvalue weighted by Crippen LogP contribution is -2.02. The molecule has 0 amide bonds. The lowest BCUT2D eigenvalue weighted by molar-refractivity contribution is 0.283. The Morgan fingerprint density at radius 1 is 0.944 bits per heavy atom. The first-order valence-corrected chi connectivity index (χ1v) is 6.38. The lowest BCUT2D eigenvalue weighted by atomic mass is 10.2. The third kappa shape index (κ3) is 5.27. The Morgan fingerprint density at radius 2 is 1.56 bits per heavy atom. The third-order valence-electron chi connectivity index (χ3n) is 2.77. The van der Waals surface area contributed by atoms with E-state index in [2.05, 4.69) is 5.32 Å². The van der Waals surface area contributed by atoms with Crippen molar-refractivity contribution in [3.05, 3.63) is 18.2 Å². The molecule has 0 aromatic heterocycles. The van der Waals surface area contributed by atoms with Crippen LogP contribution in [0.25, 0.3) is 0 Å². The normalized spacial score (nSPS) is 10.2. The van der Waals surface area contributed by atoms with Gasteiger partial charge < -0.3 is 19.9 Å². The van der Waals surface area contributed by atoms with E-state index < -0.39 is 0 Å². The van der Waals surface area contributed by atoms with Gasteiger partial charge in [0.2, 0.25) is 0 Å². The summed E-state index contributed by atoms with van der Waals surface area (Å²) in [5, 5.41) is 12.0. The van der Waals surface area contributed by atoms with Crippen molar-refractivity contribution in [2.45, 2.75) is 25.7 Å². The van der Waals surface area contributed by atoms with E-state index in [0.29, 0.717) is 6.61 Å². The molecule has 0 saturated carbocycles. The smallest absolute Gasteiger partial charge is 0.124 e. The summed E-state index contributed by atoms with van der Waals surface area (Å²) in [5.74, 6) is 1.58. The molecule has 0 radical (unpaired) electrons. The molecule has 1 aromatic rings. The van der Waals surface area contributed by atoms with Gasteiger partial charge in [-0.25, -0.2) is 0 Å². The summed E-state index contributed by atoms with van der Waals surface area (Å²) in [4.78, 5) is 0. The molecule has 4 heteroatoms. The van der Waals surface area contributed by atoms with Crippen LogP contribution in [0.5, 0.6) is 11.5 Å². The highest BCUT2D eigenvalue weighted by Gasteiger charge is 2.01. The zero-order chi connectivity index (χ0) is 13.2. The fourth-order valence-electron chi connectivity index (χ4n) is 1.73. The Kier molecular flexibility index (Phi) is 7.03. The zero-order valence-corrected chi connectivity index (χ0v) is 11.2. The number of hydrogen-bond donors (Lipinski definition) is 2. The first-order valence-electron chi connectivity index (χ1n) is 6.38. The number of methoxy groups -OCH3 is 2. The Bertz CT molecular complexity index is 320. The SMILES string of the molecule is COc1cc(NCCCCCCO)cc(OC)c1. The molecule has 0 heterocycles. The van der Waals surface area contributed by atoms with E-state index >= 15 is 0 Å². The van der Waals surface area contributed by atoms with Crippen LogP contribution in [-0.2, 0) is 0 Å². The fraction of sp³-hybridized carbons (Fsp3) is 0.571. The second kappa shape index (κ2) is 8.64. The van der Waals surface area contributed by atoms with Crippen LogP contribution in [0.4, 0.5) is 5.69 Å². The van der Waals surface area contributed by atoms with Gasteiger partial charge in [0.05, 0.1) is 14.2 Å². The van der Waals surface area contributed by atoms with Gasteiger partial charge in [-0.1, -0.05) is 12.8 Å². The van der Waals surface area contributed by atoms with Gasteiger partial charge in [-0.15, -0.1) is 0 Å². The van der Waals surface area contributed by atoms with Crippen LogP contribution >= 0.6 is 0 Å². The van der Waals surface area contributed by atoms with Crippen molar-refractivity contribution in [1.29, 1.82) is 0 Å². The summed E-state index contributed by atoms with van der Waals surface area (Å²) in [6.45, 7) is 1.21. The number of aliphatic hydroxyl groups is 1. The maximum Gasteiger partial charge on any atom is 0.124 e. The topological polar surface area (TPSA) is 50.7 Å². The molecular weight excluding hydrogens is 230 g/mol. The van der Waals surface area contributed by atoms with Gasteiger partial charge in [0.25, 0.3) is 0 Å². The summed E-state index contributed by atoms with van der Waals surface area (Å²) in [5.41, 5.74) is 1.01. The van der Waals surface area contributed by atoms with Crippen LogP contribution in [0, 0.1) is 0 Å². The highest BCUT2D eigenvalue weighted by Crippen LogP contribution is 2.25. The van der Waals surface area contributed by atoms with E-state index in [1.165, 1.54) is 0 Å². The summed E-state index contributed by atoms with van der Waals surface area (Å²) in [6.07, 6.45) is 4.21. The van der Waals surface area contributed by atoms with E-state index in [4.69, 9.17) is 14.6 Å². The number of aliphatic hydroxyl groups excluding tert-OH is 1. The van der Waals surface area contributed by atoms with Crippen LogP contribution in [-0.4, -0.2) is 32.5 Å². The van der Waals surface area contributed by atoms with Crippen LogP contribution in [0.15, 0.2) is 18.2 Å². The van der Waals surface area contributed by atoms with Gasteiger partial charge in [-0.05, 0) is 12.8 Å². The molecule has 0 aliphatic rings. The Balaban J connectivity index is 2.36. The van der Waals surface area contributed by atoms with Crippen molar-refractivity contribution in [3.63, 3.8) is 0 Å². The second-order valence-electron chi connectivity index (χ2n) is 4.17. The van der Waals surface area contributed by atoms with Crippen LogP contribution < -0.4 is 14.8 Å². The zero-order valence-electron chi connectivity index (χ0n) is 11.2. The summed E-state index contributed by atoms with van der Waals surface area (Å²) in [7, 11) is 3.29. The number of anilines is 1. The molecule has 1 rings (SSSR count). The number of benzene rings is 1. The summed E-state index contributed by atoms with van der Waals surface area (Å²) >= 11 is 0. The third-order valence-corrected chi connectivity index (χ3v) is 2.77. The maximum atomic E-state index is 8.67. The van der Waals surface area contributed by atoms with Crippen molar-refractivity contribution in [2.24, 2.45) is 0 Å². The number of hydrogen-bond acceptors (Lipinski definition) is 4. The predicted molar refractivity (Wildman–Crippen MR) is 73.6 cm³/mol. The summed E-state index contributed by atoms with van der Waals surface area (Å²) in [6, 6.07) is 5.76. The minimum absolute atomic E-state index is 0.292. The average molecular weight is 253 g/mol. The maximum absolute atomic E-state index is 8.67. The first kappa shape index (κ1) is 14.6. The fourth-order valence-corrected chi connectivity index (χ4v) is 1.73. The molecule has 0 unspecified atom stereocenters. The quantitative estimate of drug-likeness (QED) is 0.664. The minimum Gasteiger partial charge on any atom is -0.497 e. The van der Waals surface area contributed by atoms with Crippen molar-refractivity contribution in [2.75, 3.05) is 32.7 Å². The highest BCUT2D eigenvalue weighted by atomic mass is 16.5. The molecular formula is C14H23NO3. The van der Waals surface area contributed by atoms with Crippen LogP contribution in [0.2, 0.25) is 0 Å². The standard InChI is InChI=1S/C14H23NO3/c1-17-13-9-12(10-14(11-13)18-2)15-7-5-3-4-6-8-16/h9-11,15-16H,3-8H2,1-2H3. The number of unbranched alkanes of at least 4 members (excludes halogenated alkanes) is 3. The Hall–Kier alpha value is -1.42. The van der Waals surface area contributed by atoms with Crippen molar-refractivity contribution in [1.82, 2.24) is 0 Å². The molecule has 0 atom stereocenters. The van der Waals surface area contributed by atoms with Crippen LogP contribution in [0.1, 0.15) is 25.7 Å². The van der Waals surface area contributed by atoms with E-state index in [-0.39, 0.29) is 0 Å². The van der Waals surface area contributed by atoms with Gasteiger partial charge in [0.1, 0.15) is 11.5 Å². The molecule has 1 aromatic carbocycles. The Morgan fingerprint density at radius 3 is 2.11 bits per heavy atom. The second-order valence-corrected chi connectivity index (χ2v) is 4.17. The summed E-state index contributed by atoms with van der Waals surface area (Å²) < 4.78 is 10.4. The van der Waals surface area contributed by atoms with Crippen molar-refractivity contribution >= 4 is 5.69 Å². The number of nitrogens with one attached hydrogen (secondary N) is 1. The van der Waals surface area contributed by atoms with Gasteiger partial charge in [0.15, 0.2) is 0 Å². The lowest BCUT2D eigenvalue weighted by Gasteiger charge is -2.10. The number of rotatable bonds is 9. The molecule has 0 bridgehead atoms. The molecule has 2 N–H and O–H groups in total.